The van der Waals surface area contributed by atoms with Crippen molar-refractivity contribution in [2.45, 2.75) is 31.2 Å². The van der Waals surface area contributed by atoms with Crippen molar-refractivity contribution in [1.29, 1.82) is 0 Å². The van der Waals surface area contributed by atoms with Crippen molar-refractivity contribution >= 4 is 27.5 Å². The number of aromatic nitrogens is 1. The summed E-state index contributed by atoms with van der Waals surface area (Å²) in [5, 5.41) is 3.19. The number of nitrogens with one attached hydrogen (secondary N) is 1. The molecule has 1 aliphatic carbocycles. The second-order valence-electron chi connectivity index (χ2n) is 6.75. The number of thiazole rings is 1. The Kier molecular flexibility index (Phi) is 4.52. The van der Waals surface area contributed by atoms with Gasteiger partial charge in [0.25, 0.3) is 5.91 Å². The van der Waals surface area contributed by atoms with Gasteiger partial charge in [-0.15, -0.1) is 11.3 Å². The molecule has 1 saturated carbocycles. The maximum atomic E-state index is 12.6. The molecule has 5 nitrogen and oxygen atoms in total. The lowest BCUT2D eigenvalue weighted by Gasteiger charge is -2.43. The van der Waals surface area contributed by atoms with Crippen LogP contribution < -0.4 is 5.32 Å². The van der Waals surface area contributed by atoms with Crippen molar-refractivity contribution < 1.29 is 9.53 Å². The fourth-order valence-electron chi connectivity index (χ4n) is 4.02. The van der Waals surface area contributed by atoms with Crippen LogP contribution in [-0.2, 0) is 4.74 Å². The zero-order valence-corrected chi connectivity index (χ0v) is 14.6. The van der Waals surface area contributed by atoms with Gasteiger partial charge in [0.15, 0.2) is 0 Å². The molecule has 1 aliphatic heterocycles. The van der Waals surface area contributed by atoms with Gasteiger partial charge >= 0.3 is 0 Å². The summed E-state index contributed by atoms with van der Waals surface area (Å²) in [4.78, 5) is 19.5. The van der Waals surface area contributed by atoms with Crippen molar-refractivity contribution in [2.24, 2.45) is 0 Å². The van der Waals surface area contributed by atoms with Crippen LogP contribution in [0.4, 0.5) is 0 Å². The third kappa shape index (κ3) is 3.06. The highest BCUT2D eigenvalue weighted by atomic mass is 32.1. The molecule has 2 aromatic rings. The van der Waals surface area contributed by atoms with Gasteiger partial charge in [0, 0.05) is 30.7 Å². The molecule has 0 spiro atoms. The molecule has 1 saturated heterocycles. The fraction of sp³-hybridized carbons (Fsp3) is 0.556. The van der Waals surface area contributed by atoms with Crippen LogP contribution in [0.1, 0.15) is 36.0 Å². The SMILES string of the molecule is O=C(NCC1(N2CCOCC2)CCCC1)c1ccc2scnc2c1. The average molecular weight is 345 g/mol. The lowest BCUT2D eigenvalue weighted by atomic mass is 9.94. The Hall–Kier alpha value is -1.50. The van der Waals surface area contributed by atoms with Crippen molar-refractivity contribution in [3.8, 4) is 0 Å². The summed E-state index contributed by atoms with van der Waals surface area (Å²) in [6.07, 6.45) is 4.83. The quantitative estimate of drug-likeness (QED) is 0.926. The molecule has 0 atom stereocenters. The van der Waals surface area contributed by atoms with Gasteiger partial charge in [0.1, 0.15) is 0 Å². The van der Waals surface area contributed by atoms with E-state index in [1.54, 1.807) is 11.3 Å². The monoisotopic (exact) mass is 345 g/mol. The summed E-state index contributed by atoms with van der Waals surface area (Å²) in [6, 6.07) is 5.76. The summed E-state index contributed by atoms with van der Waals surface area (Å²) in [7, 11) is 0. The van der Waals surface area contributed by atoms with Crippen LogP contribution in [0.3, 0.4) is 0 Å². The standard InChI is InChI=1S/C18H23N3O2S/c22-17(14-3-4-16-15(11-14)20-13-24-16)19-12-18(5-1-2-6-18)21-7-9-23-10-8-21/h3-4,11,13H,1-2,5-10,12H2,(H,19,22). The first-order valence-electron chi connectivity index (χ1n) is 8.71. The van der Waals surface area contributed by atoms with E-state index in [1.165, 1.54) is 25.7 Å². The second kappa shape index (κ2) is 6.78. The highest BCUT2D eigenvalue weighted by Crippen LogP contribution is 2.35. The molecule has 24 heavy (non-hydrogen) atoms. The van der Waals surface area contributed by atoms with Gasteiger partial charge in [0.05, 0.1) is 28.9 Å². The predicted octanol–water partition coefficient (Wildman–Crippen LogP) is 2.67. The van der Waals surface area contributed by atoms with Gasteiger partial charge in [-0.2, -0.15) is 0 Å². The van der Waals surface area contributed by atoms with Gasteiger partial charge in [-0.25, -0.2) is 4.98 Å². The molecule has 0 unspecified atom stereocenters. The zero-order chi connectivity index (χ0) is 16.4. The average Bonchev–Trinajstić information content (AvgIpc) is 3.30. The molecule has 0 radical (unpaired) electrons. The number of rotatable bonds is 4. The minimum absolute atomic E-state index is 0.00411. The Balaban J connectivity index is 1.46. The van der Waals surface area contributed by atoms with Crippen LogP contribution >= 0.6 is 11.3 Å². The highest BCUT2D eigenvalue weighted by Gasteiger charge is 2.40. The molecule has 1 amide bonds. The van der Waals surface area contributed by atoms with Crippen LogP contribution in [0, 0.1) is 0 Å². The van der Waals surface area contributed by atoms with Crippen molar-refractivity contribution in [3.63, 3.8) is 0 Å². The van der Waals surface area contributed by atoms with Crippen LogP contribution in [0.5, 0.6) is 0 Å². The fourth-order valence-corrected chi connectivity index (χ4v) is 4.68. The number of carbonyl (C=O) groups is 1. The Morgan fingerprint density at radius 2 is 2.08 bits per heavy atom. The number of nitrogens with zero attached hydrogens (tertiary/aromatic N) is 2. The second-order valence-corrected chi connectivity index (χ2v) is 7.63. The first-order chi connectivity index (χ1) is 11.8. The Bertz CT molecular complexity index is 718. The molecular weight excluding hydrogens is 322 g/mol. The maximum absolute atomic E-state index is 12.6. The van der Waals surface area contributed by atoms with E-state index in [2.05, 4.69) is 15.2 Å². The number of ether oxygens (including phenoxy) is 1. The molecule has 2 aliphatic rings. The first-order valence-corrected chi connectivity index (χ1v) is 9.59. The van der Waals surface area contributed by atoms with Crippen LogP contribution in [0.15, 0.2) is 23.7 Å². The van der Waals surface area contributed by atoms with Crippen LogP contribution in [0.2, 0.25) is 0 Å². The number of fused-ring (bicyclic) bond motifs is 1. The van der Waals surface area contributed by atoms with E-state index in [0.29, 0.717) is 5.56 Å². The van der Waals surface area contributed by atoms with Crippen LogP contribution in [-0.4, -0.2) is 54.2 Å². The van der Waals surface area contributed by atoms with Gasteiger partial charge in [-0.1, -0.05) is 12.8 Å². The normalized spacial score (nSPS) is 21.2. The van der Waals surface area contributed by atoms with E-state index in [1.807, 2.05) is 23.7 Å². The summed E-state index contributed by atoms with van der Waals surface area (Å²) in [6.45, 7) is 4.27. The van der Waals surface area contributed by atoms with E-state index in [0.717, 1.165) is 43.1 Å². The smallest absolute Gasteiger partial charge is 0.251 e. The molecule has 1 aromatic carbocycles. The summed E-state index contributed by atoms with van der Waals surface area (Å²) in [5.41, 5.74) is 3.53. The number of carbonyl (C=O) groups excluding carboxylic acids is 1. The van der Waals surface area contributed by atoms with E-state index in [-0.39, 0.29) is 11.4 Å². The van der Waals surface area contributed by atoms with Crippen molar-refractivity contribution in [3.05, 3.63) is 29.3 Å². The van der Waals surface area contributed by atoms with Gasteiger partial charge < -0.3 is 10.1 Å². The topological polar surface area (TPSA) is 54.5 Å². The molecule has 2 heterocycles. The number of benzene rings is 1. The van der Waals surface area contributed by atoms with E-state index < -0.39 is 0 Å². The number of hydrogen-bond donors (Lipinski definition) is 1. The van der Waals surface area contributed by atoms with Crippen molar-refractivity contribution in [2.75, 3.05) is 32.8 Å². The molecule has 6 heteroatoms. The molecule has 128 valence electrons. The minimum atomic E-state index is 0.00411. The molecule has 1 N–H and O–H groups in total. The Morgan fingerprint density at radius 3 is 2.88 bits per heavy atom. The predicted molar refractivity (Wildman–Crippen MR) is 95.5 cm³/mol. The maximum Gasteiger partial charge on any atom is 0.251 e. The summed E-state index contributed by atoms with van der Waals surface area (Å²) >= 11 is 1.60. The minimum Gasteiger partial charge on any atom is -0.379 e. The molecule has 0 bridgehead atoms. The first kappa shape index (κ1) is 16.0. The van der Waals surface area contributed by atoms with Gasteiger partial charge in [-0.3, -0.25) is 9.69 Å². The third-order valence-electron chi connectivity index (χ3n) is 5.39. The van der Waals surface area contributed by atoms with Crippen molar-refractivity contribution in [1.82, 2.24) is 15.2 Å². The Morgan fingerprint density at radius 1 is 1.29 bits per heavy atom. The van der Waals surface area contributed by atoms with E-state index >= 15 is 0 Å². The molecule has 1 aromatic heterocycles. The highest BCUT2D eigenvalue weighted by molar-refractivity contribution is 7.16. The van der Waals surface area contributed by atoms with E-state index in [9.17, 15) is 4.79 Å². The largest absolute Gasteiger partial charge is 0.379 e. The lowest BCUT2D eigenvalue weighted by Crippen LogP contribution is -2.57. The van der Waals surface area contributed by atoms with Crippen LogP contribution in [0.25, 0.3) is 10.2 Å². The molecular formula is C18H23N3O2S. The molecule has 2 fully saturated rings. The lowest BCUT2D eigenvalue weighted by molar-refractivity contribution is -0.0199. The molecule has 4 rings (SSSR count). The number of hydrogen-bond acceptors (Lipinski definition) is 5. The zero-order valence-electron chi connectivity index (χ0n) is 13.8. The van der Waals surface area contributed by atoms with E-state index in [4.69, 9.17) is 4.74 Å². The summed E-state index contributed by atoms with van der Waals surface area (Å²) in [5.74, 6) is 0.00411. The van der Waals surface area contributed by atoms with Gasteiger partial charge in [0.2, 0.25) is 0 Å². The van der Waals surface area contributed by atoms with Gasteiger partial charge in [-0.05, 0) is 31.0 Å². The number of morpholine rings is 1. The third-order valence-corrected chi connectivity index (χ3v) is 6.20. The summed E-state index contributed by atoms with van der Waals surface area (Å²) < 4.78 is 6.62. The Labute approximate surface area is 146 Å². The number of amides is 1.